The van der Waals surface area contributed by atoms with Gasteiger partial charge in [-0.3, -0.25) is 0 Å². The number of hydrogen-bond donors (Lipinski definition) is 1. The molecule has 0 aromatic heterocycles. The van der Waals surface area contributed by atoms with Crippen molar-refractivity contribution in [1.29, 1.82) is 0 Å². The number of aliphatic hydroxyl groups is 1. The molecule has 166 valence electrons. The van der Waals surface area contributed by atoms with Gasteiger partial charge in [-0.1, -0.05) is 97.1 Å². The van der Waals surface area contributed by atoms with E-state index in [-0.39, 0.29) is 12.2 Å². The SMILES string of the molecule is C=CC[C@@H]1O[C@@H](CCCOC(c2ccccc2)(c2ccccc2)c2ccccc2)C[C@H]1O. The molecule has 4 rings (SSSR count). The number of ether oxygens (including phenoxy) is 2. The summed E-state index contributed by atoms with van der Waals surface area (Å²) < 4.78 is 12.8. The van der Waals surface area contributed by atoms with E-state index in [2.05, 4.69) is 79.4 Å². The van der Waals surface area contributed by atoms with Gasteiger partial charge in [-0.2, -0.15) is 0 Å². The van der Waals surface area contributed by atoms with Gasteiger partial charge < -0.3 is 14.6 Å². The molecule has 0 bridgehead atoms. The molecule has 1 aliphatic heterocycles. The van der Waals surface area contributed by atoms with Crippen molar-refractivity contribution in [2.75, 3.05) is 6.61 Å². The third-order valence-corrected chi connectivity index (χ3v) is 6.23. The van der Waals surface area contributed by atoms with Gasteiger partial charge in [0, 0.05) is 13.0 Å². The molecule has 1 fully saturated rings. The lowest BCUT2D eigenvalue weighted by Crippen LogP contribution is -2.33. The van der Waals surface area contributed by atoms with Crippen molar-refractivity contribution < 1.29 is 14.6 Å². The average molecular weight is 429 g/mol. The van der Waals surface area contributed by atoms with Gasteiger partial charge in [-0.15, -0.1) is 6.58 Å². The summed E-state index contributed by atoms with van der Waals surface area (Å²) in [7, 11) is 0. The molecule has 0 amide bonds. The summed E-state index contributed by atoms with van der Waals surface area (Å²) in [5, 5.41) is 10.2. The first-order valence-electron chi connectivity index (χ1n) is 11.5. The average Bonchev–Trinajstić information content (AvgIpc) is 3.20. The Hall–Kier alpha value is -2.72. The van der Waals surface area contributed by atoms with Crippen LogP contribution >= 0.6 is 0 Å². The molecule has 3 nitrogen and oxygen atoms in total. The van der Waals surface area contributed by atoms with E-state index in [9.17, 15) is 5.11 Å². The largest absolute Gasteiger partial charge is 0.390 e. The summed E-state index contributed by atoms with van der Waals surface area (Å²) in [4.78, 5) is 0. The molecule has 1 N–H and O–H groups in total. The summed E-state index contributed by atoms with van der Waals surface area (Å²) >= 11 is 0. The molecule has 1 saturated heterocycles. The maximum absolute atomic E-state index is 10.2. The molecule has 0 radical (unpaired) electrons. The molecule has 3 heteroatoms. The zero-order chi connectivity index (χ0) is 22.2. The van der Waals surface area contributed by atoms with Crippen molar-refractivity contribution >= 4 is 0 Å². The van der Waals surface area contributed by atoms with Crippen LogP contribution in [0.4, 0.5) is 0 Å². The Kier molecular flexibility index (Phi) is 7.54. The first-order chi connectivity index (χ1) is 15.7. The fourth-order valence-corrected chi connectivity index (χ4v) is 4.68. The van der Waals surface area contributed by atoms with E-state index in [0.29, 0.717) is 19.4 Å². The predicted molar refractivity (Wildman–Crippen MR) is 128 cm³/mol. The highest BCUT2D eigenvalue weighted by molar-refractivity contribution is 5.47. The van der Waals surface area contributed by atoms with Crippen LogP contribution in [0.1, 0.15) is 42.4 Å². The molecule has 3 atom stereocenters. The Morgan fingerprint density at radius 1 is 0.875 bits per heavy atom. The second kappa shape index (κ2) is 10.7. The normalized spacial score (nSPS) is 20.8. The Morgan fingerprint density at radius 2 is 1.38 bits per heavy atom. The van der Waals surface area contributed by atoms with Gasteiger partial charge in [0.15, 0.2) is 0 Å². The van der Waals surface area contributed by atoms with Crippen LogP contribution < -0.4 is 0 Å². The Bertz CT molecular complexity index is 859. The Balaban J connectivity index is 1.56. The summed E-state index contributed by atoms with van der Waals surface area (Å²) in [6.07, 6.45) is 4.43. The number of rotatable bonds is 10. The molecule has 0 spiro atoms. The van der Waals surface area contributed by atoms with E-state index in [0.717, 1.165) is 29.5 Å². The van der Waals surface area contributed by atoms with Gasteiger partial charge in [0.25, 0.3) is 0 Å². The van der Waals surface area contributed by atoms with E-state index in [4.69, 9.17) is 9.47 Å². The van der Waals surface area contributed by atoms with Crippen LogP contribution in [0.25, 0.3) is 0 Å². The highest BCUT2D eigenvalue weighted by atomic mass is 16.5. The van der Waals surface area contributed by atoms with Gasteiger partial charge in [-0.25, -0.2) is 0 Å². The molecule has 3 aromatic carbocycles. The predicted octanol–water partition coefficient (Wildman–Crippen LogP) is 5.87. The second-order valence-electron chi connectivity index (χ2n) is 8.39. The Morgan fingerprint density at radius 3 is 1.84 bits per heavy atom. The minimum atomic E-state index is -0.689. The zero-order valence-electron chi connectivity index (χ0n) is 18.5. The standard InChI is InChI=1S/C29H32O3/c1-2-13-28-27(30)22-26(32-28)20-12-21-31-29(23-14-6-3-7-15-23,24-16-8-4-9-17-24)25-18-10-5-11-19-25/h2-11,14-19,26-28,30H,1,12-13,20-22H2/t26-,27+,28-/m0/s1. The molecule has 1 heterocycles. The van der Waals surface area contributed by atoms with Gasteiger partial charge >= 0.3 is 0 Å². The molecule has 32 heavy (non-hydrogen) atoms. The summed E-state index contributed by atoms with van der Waals surface area (Å²) in [6.45, 7) is 4.35. The van der Waals surface area contributed by atoms with Crippen LogP contribution in [-0.4, -0.2) is 30.0 Å². The van der Waals surface area contributed by atoms with Crippen molar-refractivity contribution in [2.24, 2.45) is 0 Å². The number of benzene rings is 3. The van der Waals surface area contributed by atoms with Crippen LogP contribution in [-0.2, 0) is 15.1 Å². The number of aliphatic hydroxyl groups excluding tert-OH is 1. The first-order valence-corrected chi connectivity index (χ1v) is 11.5. The smallest absolute Gasteiger partial charge is 0.143 e. The molecule has 0 saturated carbocycles. The topological polar surface area (TPSA) is 38.7 Å². The minimum absolute atomic E-state index is 0.0677. The van der Waals surface area contributed by atoms with Crippen molar-refractivity contribution in [3.05, 3.63) is 120 Å². The zero-order valence-corrected chi connectivity index (χ0v) is 18.5. The lowest BCUT2D eigenvalue weighted by molar-refractivity contribution is -0.00937. The van der Waals surface area contributed by atoms with E-state index in [1.807, 2.05) is 24.3 Å². The van der Waals surface area contributed by atoms with E-state index in [1.54, 1.807) is 0 Å². The van der Waals surface area contributed by atoms with Crippen LogP contribution in [0.15, 0.2) is 104 Å². The van der Waals surface area contributed by atoms with Gasteiger partial charge in [0.2, 0.25) is 0 Å². The second-order valence-corrected chi connectivity index (χ2v) is 8.39. The molecule has 0 aliphatic carbocycles. The summed E-state index contributed by atoms with van der Waals surface area (Å²) in [5.41, 5.74) is 2.63. The third kappa shape index (κ3) is 4.86. The van der Waals surface area contributed by atoms with Gasteiger partial charge in [0.1, 0.15) is 5.60 Å². The highest BCUT2D eigenvalue weighted by Crippen LogP contribution is 2.40. The van der Waals surface area contributed by atoms with Crippen LogP contribution in [0.3, 0.4) is 0 Å². The van der Waals surface area contributed by atoms with Gasteiger partial charge in [-0.05, 0) is 36.0 Å². The highest BCUT2D eigenvalue weighted by Gasteiger charge is 2.38. The minimum Gasteiger partial charge on any atom is -0.390 e. The number of hydrogen-bond acceptors (Lipinski definition) is 3. The molecular weight excluding hydrogens is 396 g/mol. The quantitative estimate of drug-likeness (QED) is 0.249. The lowest BCUT2D eigenvalue weighted by atomic mass is 9.80. The summed E-state index contributed by atoms with van der Waals surface area (Å²) in [6, 6.07) is 31.3. The van der Waals surface area contributed by atoms with Crippen molar-refractivity contribution in [3.63, 3.8) is 0 Å². The van der Waals surface area contributed by atoms with Crippen molar-refractivity contribution in [2.45, 2.75) is 49.6 Å². The van der Waals surface area contributed by atoms with Crippen LogP contribution in [0.5, 0.6) is 0 Å². The van der Waals surface area contributed by atoms with Crippen LogP contribution in [0.2, 0.25) is 0 Å². The maximum atomic E-state index is 10.2. The first kappa shape index (κ1) is 22.5. The summed E-state index contributed by atoms with van der Waals surface area (Å²) in [5.74, 6) is 0. The molecule has 1 aliphatic rings. The molecular formula is C29H32O3. The van der Waals surface area contributed by atoms with E-state index >= 15 is 0 Å². The maximum Gasteiger partial charge on any atom is 0.143 e. The fourth-order valence-electron chi connectivity index (χ4n) is 4.68. The van der Waals surface area contributed by atoms with Gasteiger partial charge in [0.05, 0.1) is 18.3 Å². The Labute approximate surface area is 191 Å². The van der Waals surface area contributed by atoms with Crippen LogP contribution in [0, 0.1) is 0 Å². The molecule has 3 aromatic rings. The monoisotopic (exact) mass is 428 g/mol. The fraction of sp³-hybridized carbons (Fsp3) is 0.310. The molecule has 0 unspecified atom stereocenters. The third-order valence-electron chi connectivity index (χ3n) is 6.23. The van der Waals surface area contributed by atoms with E-state index < -0.39 is 11.7 Å². The van der Waals surface area contributed by atoms with E-state index in [1.165, 1.54) is 0 Å². The van der Waals surface area contributed by atoms with Crippen molar-refractivity contribution in [3.8, 4) is 0 Å². The van der Waals surface area contributed by atoms with Crippen molar-refractivity contribution in [1.82, 2.24) is 0 Å². The lowest BCUT2D eigenvalue weighted by Gasteiger charge is -2.36.